The van der Waals surface area contributed by atoms with Crippen LogP contribution in [-0.2, 0) is 10.0 Å². The Kier molecular flexibility index (Phi) is 4.06. The fourth-order valence-electron chi connectivity index (χ4n) is 2.24. The maximum Gasteiger partial charge on any atom is 0.246 e. The van der Waals surface area contributed by atoms with Crippen molar-refractivity contribution in [3.8, 4) is 0 Å². The van der Waals surface area contributed by atoms with Crippen molar-refractivity contribution < 1.29 is 17.2 Å². The van der Waals surface area contributed by atoms with E-state index < -0.39 is 26.8 Å². The van der Waals surface area contributed by atoms with Gasteiger partial charge in [-0.15, -0.1) is 0 Å². The molecule has 1 aromatic heterocycles. The van der Waals surface area contributed by atoms with E-state index >= 15 is 0 Å². The Balaban J connectivity index is 2.36. The monoisotopic (exact) mass is 312 g/mol. The van der Waals surface area contributed by atoms with E-state index in [1.165, 1.54) is 12.1 Å². The second kappa shape index (κ2) is 5.50. The predicted octanol–water partition coefficient (Wildman–Crippen LogP) is 2.66. The molecule has 0 aliphatic rings. The molecule has 0 fully saturated rings. The minimum atomic E-state index is -4.07. The van der Waals surface area contributed by atoms with Crippen molar-refractivity contribution >= 4 is 15.7 Å². The molecular weight excluding hydrogens is 295 g/mol. The van der Waals surface area contributed by atoms with Crippen molar-refractivity contribution in [2.75, 3.05) is 5.73 Å². The molecule has 0 bridgehead atoms. The summed E-state index contributed by atoms with van der Waals surface area (Å²) in [6.07, 6.45) is 0. The van der Waals surface area contributed by atoms with Crippen LogP contribution >= 0.6 is 0 Å². The summed E-state index contributed by atoms with van der Waals surface area (Å²) in [7, 11) is -4.07. The van der Waals surface area contributed by atoms with Crippen molar-refractivity contribution in [3.05, 3.63) is 47.2 Å². The molecule has 114 valence electrons. The van der Waals surface area contributed by atoms with Crippen molar-refractivity contribution in [2.24, 2.45) is 0 Å². The largest absolute Gasteiger partial charge is 0.466 e. The van der Waals surface area contributed by atoms with Crippen LogP contribution in [0, 0.1) is 19.7 Å². The van der Waals surface area contributed by atoms with Crippen LogP contribution in [0.4, 0.5) is 10.1 Å². The lowest BCUT2D eigenvalue weighted by Gasteiger charge is -2.15. The van der Waals surface area contributed by atoms with Gasteiger partial charge in [0.2, 0.25) is 10.0 Å². The summed E-state index contributed by atoms with van der Waals surface area (Å²) in [6.45, 7) is 5.17. The third-order valence-electron chi connectivity index (χ3n) is 3.14. The van der Waals surface area contributed by atoms with Crippen LogP contribution in [-0.4, -0.2) is 8.42 Å². The van der Waals surface area contributed by atoms with E-state index in [9.17, 15) is 12.8 Å². The molecule has 2 aromatic rings. The number of anilines is 1. The van der Waals surface area contributed by atoms with Gasteiger partial charge in [0.25, 0.3) is 0 Å². The Morgan fingerprint density at radius 1 is 1.33 bits per heavy atom. The van der Waals surface area contributed by atoms with Crippen LogP contribution in [0.2, 0.25) is 0 Å². The van der Waals surface area contributed by atoms with Gasteiger partial charge in [-0.1, -0.05) is 6.07 Å². The van der Waals surface area contributed by atoms with Crippen LogP contribution < -0.4 is 10.5 Å². The topological polar surface area (TPSA) is 85.3 Å². The van der Waals surface area contributed by atoms with Crippen LogP contribution in [0.25, 0.3) is 0 Å². The maximum atomic E-state index is 13.8. The zero-order valence-corrected chi connectivity index (χ0v) is 12.8. The summed E-state index contributed by atoms with van der Waals surface area (Å²) >= 11 is 0. The van der Waals surface area contributed by atoms with Gasteiger partial charge in [-0.05, 0) is 39.0 Å². The number of nitrogen functional groups attached to an aromatic ring is 1. The maximum absolute atomic E-state index is 13.8. The van der Waals surface area contributed by atoms with E-state index in [-0.39, 0.29) is 5.69 Å². The Bertz CT molecular complexity index is 748. The molecule has 0 amide bonds. The van der Waals surface area contributed by atoms with E-state index in [0.29, 0.717) is 17.1 Å². The molecule has 0 saturated heterocycles. The molecule has 0 saturated carbocycles. The average Bonchev–Trinajstić information content (AvgIpc) is 2.67. The zero-order valence-electron chi connectivity index (χ0n) is 12.0. The number of hydrogen-bond acceptors (Lipinski definition) is 4. The molecule has 1 atom stereocenters. The molecule has 5 nitrogen and oxygen atoms in total. The molecule has 1 unspecified atom stereocenters. The van der Waals surface area contributed by atoms with Gasteiger partial charge in [0.05, 0.1) is 5.69 Å². The van der Waals surface area contributed by atoms with Crippen molar-refractivity contribution in [1.82, 2.24) is 4.72 Å². The summed E-state index contributed by atoms with van der Waals surface area (Å²) < 4.78 is 46.2. The SMILES string of the molecule is Cc1cc(C(C)NS(=O)(=O)c2c(N)cccc2F)c(C)o1. The summed E-state index contributed by atoms with van der Waals surface area (Å²) in [6, 6.07) is 4.94. The molecule has 0 aliphatic heterocycles. The fourth-order valence-corrected chi connectivity index (χ4v) is 3.66. The first-order valence-corrected chi connectivity index (χ1v) is 7.84. The highest BCUT2D eigenvalue weighted by atomic mass is 32.2. The Labute approximate surface area is 123 Å². The smallest absolute Gasteiger partial charge is 0.246 e. The minimum absolute atomic E-state index is 0.130. The quantitative estimate of drug-likeness (QED) is 0.850. The number of furan rings is 1. The molecule has 1 heterocycles. The normalized spacial score (nSPS) is 13.3. The van der Waals surface area contributed by atoms with Gasteiger partial charge >= 0.3 is 0 Å². The number of nitrogens with one attached hydrogen (secondary N) is 1. The molecular formula is C14H17FN2O3S. The number of benzene rings is 1. The molecule has 0 spiro atoms. The number of sulfonamides is 1. The third-order valence-corrected chi connectivity index (χ3v) is 4.78. The number of nitrogens with two attached hydrogens (primary N) is 1. The van der Waals surface area contributed by atoms with E-state index in [4.69, 9.17) is 10.2 Å². The van der Waals surface area contributed by atoms with Crippen molar-refractivity contribution in [1.29, 1.82) is 0 Å². The van der Waals surface area contributed by atoms with Gasteiger partial charge in [-0.2, -0.15) is 0 Å². The predicted molar refractivity (Wildman–Crippen MR) is 77.7 cm³/mol. The molecule has 0 aliphatic carbocycles. The highest BCUT2D eigenvalue weighted by Gasteiger charge is 2.25. The first-order chi connectivity index (χ1) is 9.72. The fraction of sp³-hybridized carbons (Fsp3) is 0.286. The molecule has 21 heavy (non-hydrogen) atoms. The van der Waals surface area contributed by atoms with Crippen molar-refractivity contribution in [2.45, 2.75) is 31.7 Å². The third kappa shape index (κ3) is 3.08. The standard InChI is InChI=1S/C14H17FN2O3S/c1-8-7-11(10(3)20-8)9(2)17-21(18,19)14-12(15)5-4-6-13(14)16/h4-7,9,17H,16H2,1-3H3. The van der Waals surface area contributed by atoms with E-state index in [1.807, 2.05) is 0 Å². The van der Waals surface area contributed by atoms with Gasteiger partial charge in [-0.25, -0.2) is 17.5 Å². The molecule has 3 N–H and O–H groups in total. The Morgan fingerprint density at radius 3 is 2.52 bits per heavy atom. The van der Waals surface area contributed by atoms with Gasteiger partial charge in [0, 0.05) is 11.6 Å². The summed E-state index contributed by atoms with van der Waals surface area (Å²) in [5, 5.41) is 0. The number of rotatable bonds is 4. The first-order valence-electron chi connectivity index (χ1n) is 6.35. The van der Waals surface area contributed by atoms with Gasteiger partial charge < -0.3 is 10.2 Å². The summed E-state index contributed by atoms with van der Waals surface area (Å²) in [5.74, 6) is 0.415. The summed E-state index contributed by atoms with van der Waals surface area (Å²) in [4.78, 5) is -0.533. The average molecular weight is 312 g/mol. The van der Waals surface area contributed by atoms with E-state index in [1.54, 1.807) is 26.8 Å². The van der Waals surface area contributed by atoms with E-state index in [0.717, 1.165) is 6.07 Å². The van der Waals surface area contributed by atoms with Crippen LogP contribution in [0.5, 0.6) is 0 Å². The Morgan fingerprint density at radius 2 is 2.00 bits per heavy atom. The van der Waals surface area contributed by atoms with Crippen LogP contribution in [0.3, 0.4) is 0 Å². The van der Waals surface area contributed by atoms with E-state index in [2.05, 4.69) is 4.72 Å². The Hall–Kier alpha value is -1.86. The first kappa shape index (κ1) is 15.5. The molecule has 7 heteroatoms. The van der Waals surface area contributed by atoms with Crippen LogP contribution in [0.15, 0.2) is 33.6 Å². The highest BCUT2D eigenvalue weighted by Crippen LogP contribution is 2.26. The summed E-state index contributed by atoms with van der Waals surface area (Å²) in [5.41, 5.74) is 6.15. The van der Waals surface area contributed by atoms with Gasteiger partial charge in [0.1, 0.15) is 22.2 Å². The molecule has 0 radical (unpaired) electrons. The van der Waals surface area contributed by atoms with Crippen molar-refractivity contribution in [3.63, 3.8) is 0 Å². The second-order valence-corrected chi connectivity index (χ2v) is 6.52. The van der Waals surface area contributed by atoms with Gasteiger partial charge in [-0.3, -0.25) is 0 Å². The lowest BCUT2D eigenvalue weighted by Crippen LogP contribution is -2.28. The number of hydrogen-bond donors (Lipinski definition) is 2. The molecule has 2 rings (SSSR count). The number of halogens is 1. The highest BCUT2D eigenvalue weighted by molar-refractivity contribution is 7.89. The lowest BCUT2D eigenvalue weighted by molar-refractivity contribution is 0.496. The minimum Gasteiger partial charge on any atom is -0.466 e. The van der Waals surface area contributed by atoms with Crippen LogP contribution in [0.1, 0.15) is 30.0 Å². The lowest BCUT2D eigenvalue weighted by atomic mass is 10.1. The second-order valence-electron chi connectivity index (χ2n) is 4.87. The number of aryl methyl sites for hydroxylation is 2. The zero-order chi connectivity index (χ0) is 15.8. The molecule has 1 aromatic carbocycles. The van der Waals surface area contributed by atoms with Gasteiger partial charge in [0.15, 0.2) is 0 Å².